The quantitative estimate of drug-likeness (QED) is 0.816. The third kappa shape index (κ3) is 2.94. The van der Waals surface area contributed by atoms with Crippen LogP contribution < -0.4 is 11.1 Å². The molecule has 2 atom stereocenters. The topological polar surface area (TPSA) is 77.2 Å². The van der Waals surface area contributed by atoms with E-state index < -0.39 is 5.91 Å². The van der Waals surface area contributed by atoms with Crippen LogP contribution in [0.1, 0.15) is 23.7 Å². The summed E-state index contributed by atoms with van der Waals surface area (Å²) in [5.41, 5.74) is 5.57. The van der Waals surface area contributed by atoms with Crippen molar-refractivity contribution in [3.05, 3.63) is 23.9 Å². The zero-order valence-electron chi connectivity index (χ0n) is 9.85. The Morgan fingerprint density at radius 2 is 2.47 bits per heavy atom. The predicted molar refractivity (Wildman–Crippen MR) is 64.8 cm³/mol. The Hall–Kier alpha value is -1.62. The van der Waals surface area contributed by atoms with Crippen LogP contribution in [0.2, 0.25) is 0 Å². The van der Waals surface area contributed by atoms with E-state index >= 15 is 0 Å². The summed E-state index contributed by atoms with van der Waals surface area (Å²) in [6, 6.07) is 3.76. The molecule has 1 aromatic heterocycles. The van der Waals surface area contributed by atoms with Crippen molar-refractivity contribution in [2.75, 3.05) is 18.5 Å². The fourth-order valence-electron chi connectivity index (χ4n) is 1.92. The van der Waals surface area contributed by atoms with Gasteiger partial charge in [-0.2, -0.15) is 0 Å². The summed E-state index contributed by atoms with van der Waals surface area (Å²) < 4.78 is 5.34. The second kappa shape index (κ2) is 5.14. The highest BCUT2D eigenvalue weighted by Gasteiger charge is 2.22. The van der Waals surface area contributed by atoms with Crippen molar-refractivity contribution in [1.29, 1.82) is 0 Å². The number of nitrogens with two attached hydrogens (primary N) is 1. The van der Waals surface area contributed by atoms with Crippen LogP contribution in [0.25, 0.3) is 0 Å². The van der Waals surface area contributed by atoms with Crippen molar-refractivity contribution >= 4 is 11.7 Å². The van der Waals surface area contributed by atoms with Crippen LogP contribution in [-0.2, 0) is 4.74 Å². The minimum absolute atomic E-state index is 0.310. The fraction of sp³-hybridized carbons (Fsp3) is 0.500. The molecule has 2 heterocycles. The number of amides is 1. The van der Waals surface area contributed by atoms with Gasteiger partial charge in [0, 0.05) is 24.8 Å². The lowest BCUT2D eigenvalue weighted by Gasteiger charge is -2.19. The number of primary amides is 1. The molecule has 5 heteroatoms. The maximum absolute atomic E-state index is 10.9. The van der Waals surface area contributed by atoms with E-state index in [4.69, 9.17) is 10.5 Å². The average Bonchev–Trinajstić information content (AvgIpc) is 2.83. The van der Waals surface area contributed by atoms with Gasteiger partial charge in [0.15, 0.2) is 0 Å². The molecule has 0 saturated carbocycles. The molecule has 0 aliphatic carbocycles. The van der Waals surface area contributed by atoms with Gasteiger partial charge in [-0.05, 0) is 25.5 Å². The minimum Gasteiger partial charge on any atom is -0.381 e. The van der Waals surface area contributed by atoms with Crippen molar-refractivity contribution < 1.29 is 9.53 Å². The number of hydrogen-bond acceptors (Lipinski definition) is 4. The van der Waals surface area contributed by atoms with E-state index in [1.165, 1.54) is 6.20 Å². The van der Waals surface area contributed by atoms with Crippen molar-refractivity contribution in [3.8, 4) is 0 Å². The van der Waals surface area contributed by atoms with E-state index in [1.807, 2.05) is 0 Å². The average molecular weight is 235 g/mol. The van der Waals surface area contributed by atoms with E-state index in [9.17, 15) is 4.79 Å². The molecule has 17 heavy (non-hydrogen) atoms. The van der Waals surface area contributed by atoms with E-state index in [0.717, 1.165) is 25.5 Å². The first kappa shape index (κ1) is 11.9. The lowest BCUT2D eigenvalue weighted by Crippen LogP contribution is -2.26. The van der Waals surface area contributed by atoms with E-state index in [1.54, 1.807) is 12.1 Å². The molecule has 5 nitrogen and oxygen atoms in total. The van der Waals surface area contributed by atoms with Crippen LogP contribution in [-0.4, -0.2) is 30.1 Å². The molecule has 1 saturated heterocycles. The number of carbonyl (C=O) groups is 1. The lowest BCUT2D eigenvalue weighted by atomic mass is 10.0. The summed E-state index contributed by atoms with van der Waals surface area (Å²) in [5, 5.41) is 3.31. The molecule has 2 rings (SSSR count). The number of pyridine rings is 1. The van der Waals surface area contributed by atoms with Gasteiger partial charge in [-0.1, -0.05) is 0 Å². The Morgan fingerprint density at radius 3 is 3.00 bits per heavy atom. The van der Waals surface area contributed by atoms with Gasteiger partial charge >= 0.3 is 0 Å². The zero-order valence-corrected chi connectivity index (χ0v) is 9.85. The molecular formula is C12H17N3O2. The van der Waals surface area contributed by atoms with E-state index in [-0.39, 0.29) is 0 Å². The van der Waals surface area contributed by atoms with Crippen LogP contribution in [0.4, 0.5) is 5.82 Å². The van der Waals surface area contributed by atoms with Crippen LogP contribution in [0.3, 0.4) is 0 Å². The lowest BCUT2D eigenvalue weighted by molar-refractivity contribution is 0.1000. The van der Waals surface area contributed by atoms with Crippen LogP contribution in [0, 0.1) is 5.92 Å². The second-order valence-electron chi connectivity index (χ2n) is 4.35. The summed E-state index contributed by atoms with van der Waals surface area (Å²) in [7, 11) is 0. The molecule has 92 valence electrons. The summed E-state index contributed by atoms with van der Waals surface area (Å²) in [4.78, 5) is 15.0. The van der Waals surface area contributed by atoms with E-state index in [2.05, 4.69) is 17.2 Å². The Kier molecular flexibility index (Phi) is 3.58. The highest BCUT2D eigenvalue weighted by Crippen LogP contribution is 2.19. The molecule has 1 aromatic rings. The smallest absolute Gasteiger partial charge is 0.250 e. The number of nitrogens with one attached hydrogen (secondary N) is 1. The molecule has 0 aromatic carbocycles. The molecule has 1 fully saturated rings. The number of rotatable bonds is 4. The van der Waals surface area contributed by atoms with Crippen molar-refractivity contribution in [2.24, 2.45) is 11.7 Å². The fourth-order valence-corrected chi connectivity index (χ4v) is 1.92. The Balaban J connectivity index is 1.96. The maximum Gasteiger partial charge on any atom is 0.250 e. The molecule has 1 amide bonds. The van der Waals surface area contributed by atoms with Crippen molar-refractivity contribution in [1.82, 2.24) is 4.98 Å². The molecule has 0 bridgehead atoms. The molecular weight excluding hydrogens is 218 g/mol. The molecule has 2 unspecified atom stereocenters. The monoisotopic (exact) mass is 235 g/mol. The number of aromatic nitrogens is 1. The number of ether oxygens (including phenoxy) is 1. The van der Waals surface area contributed by atoms with Crippen molar-refractivity contribution in [3.63, 3.8) is 0 Å². The van der Waals surface area contributed by atoms with Gasteiger partial charge in [0.1, 0.15) is 5.82 Å². The first-order valence-electron chi connectivity index (χ1n) is 5.77. The Morgan fingerprint density at radius 1 is 1.65 bits per heavy atom. The summed E-state index contributed by atoms with van der Waals surface area (Å²) >= 11 is 0. The van der Waals surface area contributed by atoms with Gasteiger partial charge in [-0.15, -0.1) is 0 Å². The highest BCUT2D eigenvalue weighted by molar-refractivity contribution is 5.92. The van der Waals surface area contributed by atoms with Gasteiger partial charge in [0.25, 0.3) is 0 Å². The first-order valence-corrected chi connectivity index (χ1v) is 5.77. The van der Waals surface area contributed by atoms with Gasteiger partial charge < -0.3 is 15.8 Å². The molecule has 0 spiro atoms. The van der Waals surface area contributed by atoms with Crippen LogP contribution >= 0.6 is 0 Å². The number of anilines is 1. The van der Waals surface area contributed by atoms with Gasteiger partial charge in [0.2, 0.25) is 5.91 Å². The number of carbonyl (C=O) groups excluding carboxylic acids is 1. The second-order valence-corrected chi connectivity index (χ2v) is 4.35. The van der Waals surface area contributed by atoms with E-state index in [0.29, 0.717) is 17.5 Å². The predicted octanol–water partition coefficient (Wildman–Crippen LogP) is 1.02. The summed E-state index contributed by atoms with van der Waals surface area (Å²) in [5.74, 6) is 0.823. The maximum atomic E-state index is 10.9. The van der Waals surface area contributed by atoms with Gasteiger partial charge in [0.05, 0.1) is 12.2 Å². The largest absolute Gasteiger partial charge is 0.381 e. The van der Waals surface area contributed by atoms with Crippen molar-refractivity contribution in [2.45, 2.75) is 19.4 Å². The summed E-state index contributed by atoms with van der Waals surface area (Å²) in [6.07, 6.45) is 2.57. The van der Waals surface area contributed by atoms with Crippen LogP contribution in [0.5, 0.6) is 0 Å². The van der Waals surface area contributed by atoms with Gasteiger partial charge in [-0.25, -0.2) is 4.98 Å². The highest BCUT2D eigenvalue weighted by atomic mass is 16.5. The molecule has 3 N–H and O–H groups in total. The molecule has 1 aliphatic rings. The Bertz CT molecular complexity index is 385. The third-order valence-corrected chi connectivity index (χ3v) is 3.10. The minimum atomic E-state index is -0.457. The summed E-state index contributed by atoms with van der Waals surface area (Å²) in [6.45, 7) is 3.75. The van der Waals surface area contributed by atoms with Crippen LogP contribution in [0.15, 0.2) is 18.3 Å². The number of hydrogen-bond donors (Lipinski definition) is 2. The number of nitrogens with zero attached hydrogens (tertiary/aromatic N) is 1. The molecule has 0 radical (unpaired) electrons. The normalized spacial score (nSPS) is 21.1. The molecule has 1 aliphatic heterocycles. The Labute approximate surface area is 100 Å². The zero-order chi connectivity index (χ0) is 12.3. The van der Waals surface area contributed by atoms with Gasteiger partial charge in [-0.3, -0.25) is 4.79 Å². The third-order valence-electron chi connectivity index (χ3n) is 3.10. The SMILES string of the molecule is CC(Nc1ccc(C(N)=O)cn1)C1CCOC1. The standard InChI is InChI=1S/C12H17N3O2/c1-8(10-4-5-17-7-10)15-11-3-2-9(6-14-11)12(13)16/h2-3,6,8,10H,4-5,7H2,1H3,(H2,13,16)(H,14,15). The first-order chi connectivity index (χ1) is 8.16.